The van der Waals surface area contributed by atoms with Crippen LogP contribution in [0.3, 0.4) is 0 Å². The molecule has 0 fully saturated rings. The molecule has 1 heterocycles. The lowest BCUT2D eigenvalue weighted by atomic mass is 10.3. The fourth-order valence-electron chi connectivity index (χ4n) is 0.920. The van der Waals surface area contributed by atoms with Crippen LogP contribution in [0.15, 0.2) is 12.1 Å². The summed E-state index contributed by atoms with van der Waals surface area (Å²) < 4.78 is 64.7. The van der Waals surface area contributed by atoms with E-state index in [4.69, 9.17) is 23.2 Å². The average Bonchev–Trinajstić information content (AvgIpc) is 2.19. The van der Waals surface area contributed by atoms with Gasteiger partial charge in [-0.1, -0.05) is 29.3 Å². The van der Waals surface area contributed by atoms with E-state index in [0.29, 0.717) is 0 Å². The van der Waals surface area contributed by atoms with Crippen molar-refractivity contribution in [1.82, 2.24) is 4.98 Å². The third-order valence-corrected chi connectivity index (χ3v) is 2.39. The van der Waals surface area contributed by atoms with Gasteiger partial charge in [0.2, 0.25) is 0 Å². The zero-order valence-corrected chi connectivity index (χ0v) is 10.1. The summed E-state index contributed by atoms with van der Waals surface area (Å²) in [6, 6.07) is 2.64. The molecule has 0 aromatic carbocycles. The molecule has 0 aliphatic heterocycles. The van der Waals surface area contributed by atoms with Crippen molar-refractivity contribution < 1.29 is 26.7 Å². The van der Waals surface area contributed by atoms with Crippen molar-refractivity contribution in [2.24, 2.45) is 0 Å². The van der Waals surface area contributed by atoms with E-state index in [1.54, 1.807) is 0 Å². The zero-order valence-electron chi connectivity index (χ0n) is 8.57. The molecule has 0 aliphatic rings. The first-order valence-electron chi connectivity index (χ1n) is 4.47. The average molecular weight is 310 g/mol. The Morgan fingerprint density at radius 1 is 1.11 bits per heavy atom. The molecule has 2 nitrogen and oxygen atoms in total. The maximum Gasteiger partial charge on any atom is 0.455 e. The molecule has 1 aromatic rings. The smallest absolute Gasteiger partial charge is 0.370 e. The predicted molar refractivity (Wildman–Crippen MR) is 54.9 cm³/mol. The summed E-state index contributed by atoms with van der Waals surface area (Å²) in [4.78, 5) is 3.58. The summed E-state index contributed by atoms with van der Waals surface area (Å²) in [5, 5.41) is -0.0396. The summed E-state index contributed by atoms with van der Waals surface area (Å²) in [7, 11) is 0. The number of aromatic nitrogens is 1. The molecule has 0 N–H and O–H groups in total. The van der Waals surface area contributed by atoms with E-state index in [2.05, 4.69) is 9.72 Å². The fraction of sp³-hybridized carbons (Fsp3) is 0.444. The standard InChI is InChI=1S/C9H6Cl2F5NO/c10-6-2-1-5(7(11)17-6)3-18-4-8(12,13)9(14,15)16/h1-2H,3-4H2. The lowest BCUT2D eigenvalue weighted by Crippen LogP contribution is -2.40. The third-order valence-electron chi connectivity index (χ3n) is 1.85. The fourth-order valence-corrected chi connectivity index (χ4v) is 1.32. The van der Waals surface area contributed by atoms with Gasteiger partial charge in [-0.3, -0.25) is 0 Å². The Bertz CT molecular complexity index is 424. The number of alkyl halides is 5. The first kappa shape index (κ1) is 15.4. The molecule has 0 saturated carbocycles. The van der Waals surface area contributed by atoms with Crippen LogP contribution in [0.2, 0.25) is 10.3 Å². The Kier molecular flexibility index (Phi) is 4.74. The van der Waals surface area contributed by atoms with Gasteiger partial charge >= 0.3 is 12.1 Å². The molecule has 1 aromatic heterocycles. The van der Waals surface area contributed by atoms with Gasteiger partial charge in [-0.2, -0.15) is 22.0 Å². The molecule has 0 bridgehead atoms. The highest BCUT2D eigenvalue weighted by atomic mass is 35.5. The van der Waals surface area contributed by atoms with Crippen LogP contribution >= 0.6 is 23.2 Å². The molecule has 102 valence electrons. The molecule has 18 heavy (non-hydrogen) atoms. The highest BCUT2D eigenvalue weighted by molar-refractivity contribution is 6.32. The second-order valence-corrected chi connectivity index (χ2v) is 4.02. The highest BCUT2D eigenvalue weighted by Gasteiger charge is 2.57. The van der Waals surface area contributed by atoms with Crippen LogP contribution < -0.4 is 0 Å². The molecule has 0 atom stereocenters. The van der Waals surface area contributed by atoms with Crippen LogP contribution in [0.4, 0.5) is 22.0 Å². The van der Waals surface area contributed by atoms with Gasteiger partial charge in [-0.05, 0) is 6.07 Å². The van der Waals surface area contributed by atoms with Crippen LogP contribution in [0.5, 0.6) is 0 Å². The van der Waals surface area contributed by atoms with Crippen molar-refractivity contribution in [2.75, 3.05) is 6.61 Å². The second kappa shape index (κ2) is 5.54. The van der Waals surface area contributed by atoms with Crippen LogP contribution in [0.1, 0.15) is 5.56 Å². The van der Waals surface area contributed by atoms with Gasteiger partial charge in [0.15, 0.2) is 0 Å². The minimum atomic E-state index is -5.64. The van der Waals surface area contributed by atoms with Gasteiger partial charge < -0.3 is 4.74 Å². The summed E-state index contributed by atoms with van der Waals surface area (Å²) in [6.45, 7) is -2.30. The molecular formula is C9H6Cl2F5NO. The number of hydrogen-bond acceptors (Lipinski definition) is 2. The SMILES string of the molecule is FC(F)(F)C(F)(F)COCc1ccc(Cl)nc1Cl. The molecule has 0 unspecified atom stereocenters. The predicted octanol–water partition coefficient (Wildman–Crippen LogP) is 4.10. The molecule has 1 rings (SSSR count). The van der Waals surface area contributed by atoms with Gasteiger partial charge in [0.1, 0.15) is 16.9 Å². The van der Waals surface area contributed by atoms with Gasteiger partial charge in [-0.25, -0.2) is 4.98 Å². The van der Waals surface area contributed by atoms with E-state index in [1.807, 2.05) is 0 Å². The second-order valence-electron chi connectivity index (χ2n) is 3.28. The van der Waals surface area contributed by atoms with Gasteiger partial charge in [0, 0.05) is 5.56 Å². The largest absolute Gasteiger partial charge is 0.455 e. The van der Waals surface area contributed by atoms with Crippen molar-refractivity contribution in [3.8, 4) is 0 Å². The number of pyridine rings is 1. The molecule has 9 heteroatoms. The first-order valence-corrected chi connectivity index (χ1v) is 5.22. The zero-order chi connectivity index (χ0) is 14.0. The van der Waals surface area contributed by atoms with Gasteiger partial charge in [0.05, 0.1) is 6.61 Å². The maximum absolute atomic E-state index is 12.5. The molecule has 0 amide bonds. The Morgan fingerprint density at radius 3 is 2.22 bits per heavy atom. The van der Waals surface area contributed by atoms with Crippen molar-refractivity contribution in [3.63, 3.8) is 0 Å². The molecule has 0 spiro atoms. The number of rotatable bonds is 4. The lowest BCUT2D eigenvalue weighted by Gasteiger charge is -2.19. The van der Waals surface area contributed by atoms with Crippen molar-refractivity contribution in [1.29, 1.82) is 0 Å². The van der Waals surface area contributed by atoms with E-state index in [-0.39, 0.29) is 15.9 Å². The minimum Gasteiger partial charge on any atom is -0.370 e. The van der Waals surface area contributed by atoms with E-state index < -0.39 is 25.3 Å². The van der Waals surface area contributed by atoms with Crippen molar-refractivity contribution in [3.05, 3.63) is 28.0 Å². The highest BCUT2D eigenvalue weighted by Crippen LogP contribution is 2.35. The monoisotopic (exact) mass is 309 g/mol. The van der Waals surface area contributed by atoms with E-state index in [9.17, 15) is 22.0 Å². The van der Waals surface area contributed by atoms with Crippen molar-refractivity contribution in [2.45, 2.75) is 18.7 Å². The van der Waals surface area contributed by atoms with Crippen LogP contribution in [0, 0.1) is 0 Å². The third kappa shape index (κ3) is 3.93. The Labute approximate surface area is 109 Å². The summed E-state index contributed by atoms with van der Waals surface area (Å²) in [5.41, 5.74) is 0.166. The van der Waals surface area contributed by atoms with E-state index >= 15 is 0 Å². The summed E-state index contributed by atoms with van der Waals surface area (Å²) in [5.74, 6) is -4.90. The normalized spacial score (nSPS) is 12.8. The topological polar surface area (TPSA) is 22.1 Å². The number of ether oxygens (including phenoxy) is 1. The number of halogens is 7. The maximum atomic E-state index is 12.5. The summed E-state index contributed by atoms with van der Waals surface area (Å²) in [6.07, 6.45) is -5.64. The van der Waals surface area contributed by atoms with Gasteiger partial charge in [0.25, 0.3) is 0 Å². The summed E-state index contributed by atoms with van der Waals surface area (Å²) >= 11 is 11.1. The van der Waals surface area contributed by atoms with Crippen LogP contribution in [-0.2, 0) is 11.3 Å². The quantitative estimate of drug-likeness (QED) is 0.617. The lowest BCUT2D eigenvalue weighted by molar-refractivity contribution is -0.297. The van der Waals surface area contributed by atoms with Crippen LogP contribution in [-0.4, -0.2) is 23.7 Å². The van der Waals surface area contributed by atoms with E-state index in [0.717, 1.165) is 0 Å². The molecule has 0 radical (unpaired) electrons. The van der Waals surface area contributed by atoms with E-state index in [1.165, 1.54) is 12.1 Å². The molecule has 0 saturated heterocycles. The Hall–Kier alpha value is -0.660. The minimum absolute atomic E-state index is 0.0735. The number of hydrogen-bond donors (Lipinski definition) is 0. The van der Waals surface area contributed by atoms with Crippen LogP contribution in [0.25, 0.3) is 0 Å². The molecular weight excluding hydrogens is 304 g/mol. The number of nitrogens with zero attached hydrogens (tertiary/aromatic N) is 1. The van der Waals surface area contributed by atoms with Crippen molar-refractivity contribution >= 4 is 23.2 Å². The molecule has 0 aliphatic carbocycles. The first-order chi connectivity index (χ1) is 8.13. The Balaban J connectivity index is 2.57. The Morgan fingerprint density at radius 2 is 1.72 bits per heavy atom. The van der Waals surface area contributed by atoms with Gasteiger partial charge in [-0.15, -0.1) is 0 Å².